The maximum absolute atomic E-state index is 12.2. The van der Waals surface area contributed by atoms with Crippen molar-refractivity contribution < 1.29 is 14.3 Å². The molecular formula is C18H29N3O3. The molecule has 1 aliphatic heterocycles. The molecule has 1 aliphatic rings. The first-order valence-electron chi connectivity index (χ1n) is 8.51. The molecule has 134 valence electrons. The maximum atomic E-state index is 12.2. The molecule has 2 rings (SSSR count). The fraction of sp³-hybridized carbons (Fsp3) is 0.611. The highest BCUT2D eigenvalue weighted by Crippen LogP contribution is 2.24. The molecule has 1 aromatic rings. The zero-order valence-corrected chi connectivity index (χ0v) is 15.0. The molecule has 1 saturated heterocycles. The monoisotopic (exact) mass is 335 g/mol. The Kier molecular flexibility index (Phi) is 7.49. The fourth-order valence-corrected chi connectivity index (χ4v) is 2.95. The summed E-state index contributed by atoms with van der Waals surface area (Å²) in [6, 6.07) is 8.52. The Morgan fingerprint density at radius 1 is 1.25 bits per heavy atom. The van der Waals surface area contributed by atoms with Gasteiger partial charge in [0.2, 0.25) is 5.91 Å². The minimum Gasteiger partial charge on any atom is -0.497 e. The smallest absolute Gasteiger partial charge is 0.236 e. The molecule has 1 amide bonds. The Balaban J connectivity index is 1.80. The van der Waals surface area contributed by atoms with Crippen LogP contribution in [0.1, 0.15) is 18.5 Å². The number of methoxy groups -OCH3 is 2. The number of benzene rings is 1. The summed E-state index contributed by atoms with van der Waals surface area (Å²) in [6.45, 7) is 7.25. The third-order valence-electron chi connectivity index (χ3n) is 4.55. The van der Waals surface area contributed by atoms with Gasteiger partial charge < -0.3 is 19.7 Å². The predicted molar refractivity (Wildman–Crippen MR) is 94.3 cm³/mol. The first kappa shape index (κ1) is 18.7. The lowest BCUT2D eigenvalue weighted by Crippen LogP contribution is -2.51. The second kappa shape index (κ2) is 9.61. The summed E-state index contributed by atoms with van der Waals surface area (Å²) in [5, 5.41) is 3.11. The minimum atomic E-state index is 0.166. The SMILES string of the molecule is COCCNCC(=O)N1CCN(C(C)c2cccc(OC)c2)CC1. The molecule has 1 aromatic carbocycles. The van der Waals surface area contributed by atoms with Crippen molar-refractivity contribution in [2.45, 2.75) is 13.0 Å². The molecular weight excluding hydrogens is 306 g/mol. The molecule has 0 saturated carbocycles. The number of carbonyl (C=O) groups is 1. The van der Waals surface area contributed by atoms with E-state index < -0.39 is 0 Å². The average molecular weight is 335 g/mol. The van der Waals surface area contributed by atoms with Crippen LogP contribution in [0, 0.1) is 0 Å². The van der Waals surface area contributed by atoms with Gasteiger partial charge in [-0.15, -0.1) is 0 Å². The van der Waals surface area contributed by atoms with Gasteiger partial charge in [0.15, 0.2) is 0 Å². The van der Waals surface area contributed by atoms with Crippen molar-refractivity contribution in [2.24, 2.45) is 0 Å². The molecule has 0 aliphatic carbocycles. The van der Waals surface area contributed by atoms with Crippen molar-refractivity contribution in [1.82, 2.24) is 15.1 Å². The van der Waals surface area contributed by atoms with Crippen molar-refractivity contribution >= 4 is 5.91 Å². The number of hydrogen-bond donors (Lipinski definition) is 1. The largest absolute Gasteiger partial charge is 0.497 e. The molecule has 1 atom stereocenters. The number of amides is 1. The van der Waals surface area contributed by atoms with Gasteiger partial charge in [-0.1, -0.05) is 12.1 Å². The van der Waals surface area contributed by atoms with Crippen molar-refractivity contribution in [2.75, 3.05) is 60.1 Å². The molecule has 1 unspecified atom stereocenters. The van der Waals surface area contributed by atoms with Crippen molar-refractivity contribution in [3.63, 3.8) is 0 Å². The molecule has 0 aromatic heterocycles. The molecule has 0 spiro atoms. The lowest BCUT2D eigenvalue weighted by atomic mass is 10.1. The van der Waals surface area contributed by atoms with E-state index in [9.17, 15) is 4.79 Å². The molecule has 1 N–H and O–H groups in total. The van der Waals surface area contributed by atoms with Crippen LogP contribution < -0.4 is 10.1 Å². The number of nitrogens with zero attached hydrogens (tertiary/aromatic N) is 2. The molecule has 1 heterocycles. The second-order valence-corrected chi connectivity index (χ2v) is 6.04. The summed E-state index contributed by atoms with van der Waals surface area (Å²) >= 11 is 0. The number of ether oxygens (including phenoxy) is 2. The van der Waals surface area contributed by atoms with Gasteiger partial charge in [0.1, 0.15) is 5.75 Å². The summed E-state index contributed by atoms with van der Waals surface area (Å²) < 4.78 is 10.3. The van der Waals surface area contributed by atoms with Gasteiger partial charge in [0.25, 0.3) is 0 Å². The van der Waals surface area contributed by atoms with Crippen LogP contribution in [0.25, 0.3) is 0 Å². The lowest BCUT2D eigenvalue weighted by Gasteiger charge is -2.38. The van der Waals surface area contributed by atoms with E-state index in [1.54, 1.807) is 14.2 Å². The van der Waals surface area contributed by atoms with Crippen LogP contribution in [0.4, 0.5) is 0 Å². The van der Waals surface area contributed by atoms with E-state index in [1.165, 1.54) is 5.56 Å². The van der Waals surface area contributed by atoms with Gasteiger partial charge in [-0.05, 0) is 24.6 Å². The first-order valence-corrected chi connectivity index (χ1v) is 8.51. The Hall–Kier alpha value is -1.63. The van der Waals surface area contributed by atoms with E-state index in [1.807, 2.05) is 17.0 Å². The van der Waals surface area contributed by atoms with Crippen LogP contribution in [0.3, 0.4) is 0 Å². The highest BCUT2D eigenvalue weighted by atomic mass is 16.5. The summed E-state index contributed by atoms with van der Waals surface area (Å²) in [5.41, 5.74) is 1.25. The Morgan fingerprint density at radius 2 is 2.00 bits per heavy atom. The molecule has 1 fully saturated rings. The van der Waals surface area contributed by atoms with Crippen LogP contribution in [-0.2, 0) is 9.53 Å². The third-order valence-corrected chi connectivity index (χ3v) is 4.55. The molecule has 6 heteroatoms. The van der Waals surface area contributed by atoms with E-state index >= 15 is 0 Å². The van der Waals surface area contributed by atoms with Crippen LogP contribution >= 0.6 is 0 Å². The first-order chi connectivity index (χ1) is 11.7. The van der Waals surface area contributed by atoms with Crippen LogP contribution in [0.15, 0.2) is 24.3 Å². The van der Waals surface area contributed by atoms with Crippen molar-refractivity contribution in [3.05, 3.63) is 29.8 Å². The van der Waals surface area contributed by atoms with E-state index in [4.69, 9.17) is 9.47 Å². The standard InChI is InChI=1S/C18H29N3O3/c1-15(16-5-4-6-17(13-16)24-3)20-8-10-21(11-9-20)18(22)14-19-7-12-23-2/h4-6,13,15,19H,7-12,14H2,1-3H3. The van der Waals surface area contributed by atoms with Crippen LogP contribution in [0.2, 0.25) is 0 Å². The summed E-state index contributed by atoms with van der Waals surface area (Å²) in [7, 11) is 3.35. The summed E-state index contributed by atoms with van der Waals surface area (Å²) in [5.74, 6) is 1.05. The number of nitrogens with one attached hydrogen (secondary N) is 1. The molecule has 24 heavy (non-hydrogen) atoms. The number of hydrogen-bond acceptors (Lipinski definition) is 5. The highest BCUT2D eigenvalue weighted by Gasteiger charge is 2.24. The van der Waals surface area contributed by atoms with Gasteiger partial charge in [-0.2, -0.15) is 0 Å². The average Bonchev–Trinajstić information content (AvgIpc) is 2.64. The van der Waals surface area contributed by atoms with Gasteiger partial charge in [-0.25, -0.2) is 0 Å². The number of carbonyl (C=O) groups excluding carboxylic acids is 1. The Labute approximate surface area is 144 Å². The zero-order valence-electron chi connectivity index (χ0n) is 15.0. The Morgan fingerprint density at radius 3 is 2.67 bits per heavy atom. The van der Waals surface area contributed by atoms with Crippen molar-refractivity contribution in [1.29, 1.82) is 0 Å². The number of piperazine rings is 1. The van der Waals surface area contributed by atoms with Gasteiger partial charge >= 0.3 is 0 Å². The van der Waals surface area contributed by atoms with E-state index in [2.05, 4.69) is 29.3 Å². The number of rotatable bonds is 8. The molecule has 0 bridgehead atoms. The Bertz CT molecular complexity index is 516. The van der Waals surface area contributed by atoms with Crippen LogP contribution in [-0.4, -0.2) is 75.8 Å². The fourth-order valence-electron chi connectivity index (χ4n) is 2.95. The normalized spacial score (nSPS) is 16.9. The van der Waals surface area contributed by atoms with Gasteiger partial charge in [0.05, 0.1) is 20.3 Å². The highest BCUT2D eigenvalue weighted by molar-refractivity contribution is 5.78. The zero-order chi connectivity index (χ0) is 17.4. The van der Waals surface area contributed by atoms with E-state index in [-0.39, 0.29) is 5.91 Å². The molecule has 6 nitrogen and oxygen atoms in total. The molecule has 0 radical (unpaired) electrons. The minimum absolute atomic E-state index is 0.166. The van der Waals surface area contributed by atoms with Crippen molar-refractivity contribution in [3.8, 4) is 5.75 Å². The maximum Gasteiger partial charge on any atom is 0.236 e. The topological polar surface area (TPSA) is 54.0 Å². The van der Waals surface area contributed by atoms with Crippen LogP contribution in [0.5, 0.6) is 5.75 Å². The second-order valence-electron chi connectivity index (χ2n) is 6.04. The summed E-state index contributed by atoms with van der Waals surface area (Å²) in [6.07, 6.45) is 0. The quantitative estimate of drug-likeness (QED) is 0.722. The lowest BCUT2D eigenvalue weighted by molar-refractivity contribution is -0.132. The van der Waals surface area contributed by atoms with Gasteiger partial charge in [-0.3, -0.25) is 9.69 Å². The summed E-state index contributed by atoms with van der Waals surface area (Å²) in [4.78, 5) is 16.5. The van der Waals surface area contributed by atoms with E-state index in [0.717, 1.165) is 31.9 Å². The third kappa shape index (κ3) is 5.19. The van der Waals surface area contributed by atoms with E-state index in [0.29, 0.717) is 25.7 Å². The predicted octanol–water partition coefficient (Wildman–Crippen LogP) is 1.14. The van der Waals surface area contributed by atoms with Gasteiger partial charge in [0, 0.05) is 45.9 Å².